The van der Waals surface area contributed by atoms with E-state index in [0.29, 0.717) is 18.7 Å². The Bertz CT molecular complexity index is 1060. The Kier molecular flexibility index (Phi) is 4.12. The Balaban J connectivity index is 1.25. The molecule has 0 atom stereocenters. The van der Waals surface area contributed by atoms with E-state index < -0.39 is 0 Å². The van der Waals surface area contributed by atoms with Crippen LogP contribution >= 0.6 is 0 Å². The van der Waals surface area contributed by atoms with Crippen LogP contribution in [-0.2, 0) is 0 Å². The molecule has 7 heteroatoms. The molecule has 0 bridgehead atoms. The average Bonchev–Trinajstić information content (AvgIpc) is 3.43. The standard InChI is InChI=1S/C21H19N5O2/c27-21(16-5-6-19(23-13-16)26-12-9-22-14-26)25-10-7-15(8-11-25)20-24-17-3-1-2-4-18(17)28-20/h1-6,9,12-15H,7-8,10-11H2. The van der Waals surface area contributed by atoms with Gasteiger partial charge in [-0.2, -0.15) is 0 Å². The predicted octanol–water partition coefficient (Wildman–Crippen LogP) is 3.43. The smallest absolute Gasteiger partial charge is 0.255 e. The summed E-state index contributed by atoms with van der Waals surface area (Å²) in [5.41, 5.74) is 2.31. The molecule has 1 aromatic carbocycles. The van der Waals surface area contributed by atoms with Gasteiger partial charge >= 0.3 is 0 Å². The third-order valence-corrected chi connectivity index (χ3v) is 5.21. The van der Waals surface area contributed by atoms with E-state index in [0.717, 1.165) is 35.6 Å². The number of likely N-dealkylation sites (tertiary alicyclic amines) is 1. The highest BCUT2D eigenvalue weighted by molar-refractivity contribution is 5.94. The topological polar surface area (TPSA) is 77.1 Å². The van der Waals surface area contributed by atoms with Crippen LogP contribution in [0.15, 0.2) is 65.7 Å². The third-order valence-electron chi connectivity index (χ3n) is 5.21. The highest BCUT2D eigenvalue weighted by Crippen LogP contribution is 2.30. The highest BCUT2D eigenvalue weighted by atomic mass is 16.3. The first-order chi connectivity index (χ1) is 13.8. The Morgan fingerprint density at radius 2 is 1.96 bits per heavy atom. The molecule has 0 saturated carbocycles. The quantitative estimate of drug-likeness (QED) is 0.550. The van der Waals surface area contributed by atoms with Crippen molar-refractivity contribution in [1.82, 2.24) is 24.4 Å². The second-order valence-corrected chi connectivity index (χ2v) is 6.96. The van der Waals surface area contributed by atoms with Crippen molar-refractivity contribution in [2.45, 2.75) is 18.8 Å². The summed E-state index contributed by atoms with van der Waals surface area (Å²) in [7, 11) is 0. The van der Waals surface area contributed by atoms with Crippen molar-refractivity contribution in [3.05, 3.63) is 72.8 Å². The molecule has 4 aromatic rings. The van der Waals surface area contributed by atoms with Gasteiger partial charge in [-0.3, -0.25) is 9.36 Å². The van der Waals surface area contributed by atoms with Gasteiger partial charge < -0.3 is 9.32 Å². The van der Waals surface area contributed by atoms with Gasteiger partial charge in [0.05, 0.1) is 5.56 Å². The number of aromatic nitrogens is 4. The van der Waals surface area contributed by atoms with Gasteiger partial charge in [0.1, 0.15) is 17.7 Å². The summed E-state index contributed by atoms with van der Waals surface area (Å²) in [6.45, 7) is 1.37. The second kappa shape index (κ2) is 6.92. The summed E-state index contributed by atoms with van der Waals surface area (Å²) in [4.78, 5) is 27.7. The number of carbonyl (C=O) groups is 1. The van der Waals surface area contributed by atoms with Gasteiger partial charge in [0.15, 0.2) is 11.5 Å². The predicted molar refractivity (Wildman–Crippen MR) is 103 cm³/mol. The molecule has 0 N–H and O–H groups in total. The van der Waals surface area contributed by atoms with Crippen molar-refractivity contribution in [1.29, 1.82) is 0 Å². The van der Waals surface area contributed by atoms with Crippen LogP contribution in [0.25, 0.3) is 16.9 Å². The third kappa shape index (κ3) is 3.05. The van der Waals surface area contributed by atoms with E-state index in [4.69, 9.17) is 4.42 Å². The van der Waals surface area contributed by atoms with Crippen molar-refractivity contribution >= 4 is 17.0 Å². The lowest BCUT2D eigenvalue weighted by molar-refractivity contribution is 0.0706. The summed E-state index contributed by atoms with van der Waals surface area (Å²) < 4.78 is 7.71. The number of rotatable bonds is 3. The molecule has 4 heterocycles. The normalized spacial score (nSPS) is 15.2. The minimum Gasteiger partial charge on any atom is -0.440 e. The molecule has 5 rings (SSSR count). The summed E-state index contributed by atoms with van der Waals surface area (Å²) in [5.74, 6) is 1.78. The Labute approximate surface area is 161 Å². The van der Waals surface area contributed by atoms with Gasteiger partial charge in [0.2, 0.25) is 0 Å². The number of carbonyl (C=O) groups excluding carboxylic acids is 1. The number of benzene rings is 1. The number of piperidine rings is 1. The molecule has 1 fully saturated rings. The first kappa shape index (κ1) is 16.7. The lowest BCUT2D eigenvalue weighted by Gasteiger charge is -2.30. The van der Waals surface area contributed by atoms with Crippen molar-refractivity contribution in [3.63, 3.8) is 0 Å². The molecule has 1 aliphatic heterocycles. The highest BCUT2D eigenvalue weighted by Gasteiger charge is 2.27. The second-order valence-electron chi connectivity index (χ2n) is 6.96. The average molecular weight is 373 g/mol. The fraction of sp³-hybridized carbons (Fsp3) is 0.238. The first-order valence-electron chi connectivity index (χ1n) is 9.37. The number of pyridine rings is 1. The Morgan fingerprint density at radius 1 is 1.11 bits per heavy atom. The molecule has 1 saturated heterocycles. The van der Waals surface area contributed by atoms with E-state index in [1.54, 1.807) is 23.3 Å². The number of amides is 1. The number of nitrogens with zero attached hydrogens (tertiary/aromatic N) is 5. The van der Waals surface area contributed by atoms with Gasteiger partial charge in [-0.05, 0) is 37.1 Å². The van der Waals surface area contributed by atoms with Crippen LogP contribution < -0.4 is 0 Å². The molecule has 7 nitrogen and oxygen atoms in total. The van der Waals surface area contributed by atoms with E-state index >= 15 is 0 Å². The van der Waals surface area contributed by atoms with Crippen LogP contribution in [0.2, 0.25) is 0 Å². The largest absolute Gasteiger partial charge is 0.440 e. The zero-order valence-corrected chi connectivity index (χ0v) is 15.2. The van der Waals surface area contributed by atoms with E-state index in [2.05, 4.69) is 15.0 Å². The van der Waals surface area contributed by atoms with Gasteiger partial charge in [-0.15, -0.1) is 0 Å². The monoisotopic (exact) mass is 373 g/mol. The summed E-state index contributed by atoms with van der Waals surface area (Å²) in [6, 6.07) is 11.5. The molecule has 0 unspecified atom stereocenters. The number of imidazole rings is 1. The van der Waals surface area contributed by atoms with E-state index in [1.807, 2.05) is 47.5 Å². The van der Waals surface area contributed by atoms with Crippen molar-refractivity contribution in [2.75, 3.05) is 13.1 Å². The zero-order chi connectivity index (χ0) is 18.9. The minimum atomic E-state index is 0.0145. The molecular weight excluding hydrogens is 354 g/mol. The molecular formula is C21H19N5O2. The zero-order valence-electron chi connectivity index (χ0n) is 15.2. The van der Waals surface area contributed by atoms with Crippen LogP contribution in [-0.4, -0.2) is 43.4 Å². The number of hydrogen-bond acceptors (Lipinski definition) is 5. The number of hydrogen-bond donors (Lipinski definition) is 0. The molecule has 140 valence electrons. The minimum absolute atomic E-state index is 0.0145. The summed E-state index contributed by atoms with van der Waals surface area (Å²) in [6.07, 6.45) is 8.52. The van der Waals surface area contributed by atoms with Gasteiger partial charge in [0.25, 0.3) is 5.91 Å². The maximum absolute atomic E-state index is 12.8. The molecule has 1 amide bonds. The molecule has 0 radical (unpaired) electrons. The number of para-hydroxylation sites is 2. The SMILES string of the molecule is O=C(c1ccc(-n2ccnc2)nc1)N1CCC(c2nc3ccccc3o2)CC1. The van der Waals surface area contributed by atoms with E-state index in [1.165, 1.54) is 0 Å². The maximum Gasteiger partial charge on any atom is 0.255 e. The number of fused-ring (bicyclic) bond motifs is 1. The Morgan fingerprint density at radius 3 is 2.68 bits per heavy atom. The van der Waals surface area contributed by atoms with E-state index in [9.17, 15) is 4.79 Å². The van der Waals surface area contributed by atoms with Crippen LogP contribution in [0.5, 0.6) is 0 Å². The van der Waals surface area contributed by atoms with Crippen molar-refractivity contribution < 1.29 is 9.21 Å². The van der Waals surface area contributed by atoms with Gasteiger partial charge in [-0.1, -0.05) is 12.1 Å². The molecule has 28 heavy (non-hydrogen) atoms. The number of oxazole rings is 1. The lowest BCUT2D eigenvalue weighted by Crippen LogP contribution is -2.38. The molecule has 0 aliphatic carbocycles. The fourth-order valence-electron chi connectivity index (χ4n) is 3.64. The molecule has 0 spiro atoms. The van der Waals surface area contributed by atoms with E-state index in [-0.39, 0.29) is 11.8 Å². The van der Waals surface area contributed by atoms with Crippen LogP contribution in [0.4, 0.5) is 0 Å². The van der Waals surface area contributed by atoms with Crippen molar-refractivity contribution in [3.8, 4) is 5.82 Å². The van der Waals surface area contributed by atoms with Crippen LogP contribution in [0, 0.1) is 0 Å². The Hall–Kier alpha value is -3.48. The molecule has 1 aliphatic rings. The van der Waals surface area contributed by atoms with Crippen molar-refractivity contribution in [2.24, 2.45) is 0 Å². The fourth-order valence-corrected chi connectivity index (χ4v) is 3.64. The first-order valence-corrected chi connectivity index (χ1v) is 9.37. The maximum atomic E-state index is 12.8. The summed E-state index contributed by atoms with van der Waals surface area (Å²) >= 11 is 0. The summed E-state index contributed by atoms with van der Waals surface area (Å²) in [5, 5.41) is 0. The molecule has 3 aromatic heterocycles. The van der Waals surface area contributed by atoms with Gasteiger partial charge in [-0.25, -0.2) is 15.0 Å². The van der Waals surface area contributed by atoms with Crippen LogP contribution in [0.1, 0.15) is 35.0 Å². The lowest BCUT2D eigenvalue weighted by atomic mass is 9.96. The van der Waals surface area contributed by atoms with Gasteiger partial charge in [0, 0.05) is 37.6 Å². The van der Waals surface area contributed by atoms with Crippen LogP contribution in [0.3, 0.4) is 0 Å².